The molecule has 0 aliphatic carbocycles. The molecular formula is C22H21FN2O4S. The molecule has 0 spiro atoms. The number of ether oxygens (including phenoxy) is 1. The molecule has 30 heavy (non-hydrogen) atoms. The smallest absolute Gasteiger partial charge is 0.243 e. The molecule has 0 aliphatic rings. The third-order valence-corrected chi connectivity index (χ3v) is 6.16. The average molecular weight is 428 g/mol. The van der Waals surface area contributed by atoms with Crippen LogP contribution in [0.15, 0.2) is 83.8 Å². The highest BCUT2D eigenvalue weighted by Crippen LogP contribution is 2.24. The van der Waals surface area contributed by atoms with Crippen LogP contribution in [0.4, 0.5) is 10.1 Å². The lowest BCUT2D eigenvalue weighted by Gasteiger charge is -2.22. The standard InChI is InChI=1S/C22H21FN2O4S/c1-29-21-10-6-5-9-20(21)24-22(26)16-25(15-17-7-3-2-4-8-17)30(27,28)19-13-11-18(23)12-14-19/h2-14H,15-16H2,1H3,(H,24,26). The Balaban J connectivity index is 1.87. The largest absolute Gasteiger partial charge is 0.495 e. The molecule has 0 saturated heterocycles. The Morgan fingerprint density at radius 1 is 0.967 bits per heavy atom. The number of sulfonamides is 1. The molecule has 0 aliphatic heterocycles. The van der Waals surface area contributed by atoms with Crippen molar-refractivity contribution in [3.8, 4) is 5.75 Å². The van der Waals surface area contributed by atoms with E-state index in [1.54, 1.807) is 48.5 Å². The Hall–Kier alpha value is -3.23. The zero-order valence-corrected chi connectivity index (χ0v) is 17.1. The molecule has 8 heteroatoms. The van der Waals surface area contributed by atoms with Crippen LogP contribution in [-0.2, 0) is 21.4 Å². The van der Waals surface area contributed by atoms with Crippen LogP contribution in [0.1, 0.15) is 5.56 Å². The normalized spacial score (nSPS) is 11.3. The number of anilines is 1. The van der Waals surface area contributed by atoms with Gasteiger partial charge in [0, 0.05) is 6.54 Å². The summed E-state index contributed by atoms with van der Waals surface area (Å²) >= 11 is 0. The second-order valence-electron chi connectivity index (χ2n) is 6.46. The zero-order valence-electron chi connectivity index (χ0n) is 16.3. The lowest BCUT2D eigenvalue weighted by Crippen LogP contribution is -2.37. The highest BCUT2D eigenvalue weighted by molar-refractivity contribution is 7.89. The third kappa shape index (κ3) is 5.22. The number of nitrogens with zero attached hydrogens (tertiary/aromatic N) is 1. The van der Waals surface area contributed by atoms with Gasteiger partial charge in [0.15, 0.2) is 0 Å². The molecule has 1 N–H and O–H groups in total. The number of hydrogen-bond donors (Lipinski definition) is 1. The summed E-state index contributed by atoms with van der Waals surface area (Å²) in [6.07, 6.45) is 0. The minimum atomic E-state index is -4.04. The first-order chi connectivity index (χ1) is 14.4. The molecule has 3 rings (SSSR count). The molecule has 0 fully saturated rings. The summed E-state index contributed by atoms with van der Waals surface area (Å²) in [5.41, 5.74) is 1.15. The van der Waals surface area contributed by atoms with Crippen LogP contribution in [0.3, 0.4) is 0 Å². The van der Waals surface area contributed by atoms with Crippen LogP contribution in [0, 0.1) is 5.82 Å². The van der Waals surface area contributed by atoms with Gasteiger partial charge < -0.3 is 10.1 Å². The molecular weight excluding hydrogens is 407 g/mol. The van der Waals surface area contributed by atoms with Crippen molar-refractivity contribution < 1.29 is 22.3 Å². The minimum absolute atomic E-state index is 0.0140. The number of rotatable bonds is 8. The number of nitrogens with one attached hydrogen (secondary N) is 1. The van der Waals surface area contributed by atoms with Crippen LogP contribution in [0.25, 0.3) is 0 Å². The van der Waals surface area contributed by atoms with Gasteiger partial charge in [-0.2, -0.15) is 4.31 Å². The van der Waals surface area contributed by atoms with Crippen molar-refractivity contribution >= 4 is 21.6 Å². The van der Waals surface area contributed by atoms with Gasteiger partial charge in [0.2, 0.25) is 15.9 Å². The van der Waals surface area contributed by atoms with E-state index in [0.29, 0.717) is 17.0 Å². The van der Waals surface area contributed by atoms with Crippen molar-refractivity contribution in [1.29, 1.82) is 0 Å². The number of benzene rings is 3. The first-order valence-corrected chi connectivity index (χ1v) is 10.6. The number of hydrogen-bond acceptors (Lipinski definition) is 4. The minimum Gasteiger partial charge on any atom is -0.495 e. The fraction of sp³-hybridized carbons (Fsp3) is 0.136. The average Bonchev–Trinajstić information content (AvgIpc) is 2.74. The van der Waals surface area contributed by atoms with Gasteiger partial charge in [0.05, 0.1) is 24.2 Å². The maximum Gasteiger partial charge on any atom is 0.243 e. The number of carbonyl (C=O) groups excluding carboxylic acids is 1. The van der Waals surface area contributed by atoms with E-state index in [0.717, 1.165) is 16.4 Å². The Labute approximate surface area is 175 Å². The molecule has 0 saturated carbocycles. The van der Waals surface area contributed by atoms with Gasteiger partial charge in [0.1, 0.15) is 11.6 Å². The summed E-state index contributed by atoms with van der Waals surface area (Å²) in [4.78, 5) is 12.6. The van der Waals surface area contributed by atoms with Gasteiger partial charge in [-0.3, -0.25) is 4.79 Å². The van der Waals surface area contributed by atoms with Crippen LogP contribution in [-0.4, -0.2) is 32.3 Å². The van der Waals surface area contributed by atoms with E-state index in [9.17, 15) is 17.6 Å². The van der Waals surface area contributed by atoms with Crippen molar-refractivity contribution in [2.75, 3.05) is 19.0 Å². The predicted octanol–water partition coefficient (Wildman–Crippen LogP) is 3.66. The summed E-state index contributed by atoms with van der Waals surface area (Å²) < 4.78 is 45.8. The molecule has 0 unspecified atom stereocenters. The zero-order chi connectivity index (χ0) is 21.6. The summed E-state index contributed by atoms with van der Waals surface area (Å²) in [5, 5.41) is 2.68. The van der Waals surface area contributed by atoms with E-state index < -0.39 is 28.3 Å². The van der Waals surface area contributed by atoms with Crippen LogP contribution in [0.5, 0.6) is 5.75 Å². The fourth-order valence-corrected chi connectivity index (χ4v) is 4.25. The Morgan fingerprint density at radius 3 is 2.27 bits per heavy atom. The van der Waals surface area contributed by atoms with E-state index in [4.69, 9.17) is 4.74 Å². The van der Waals surface area contributed by atoms with E-state index in [1.807, 2.05) is 6.07 Å². The SMILES string of the molecule is COc1ccccc1NC(=O)CN(Cc1ccccc1)S(=O)(=O)c1ccc(F)cc1. The number of amides is 1. The van der Waals surface area contributed by atoms with Crippen LogP contribution < -0.4 is 10.1 Å². The quantitative estimate of drug-likeness (QED) is 0.594. The van der Waals surface area contributed by atoms with Gasteiger partial charge >= 0.3 is 0 Å². The summed E-state index contributed by atoms with van der Waals surface area (Å²) in [6.45, 7) is -0.438. The first kappa shape index (κ1) is 21.5. The molecule has 0 bridgehead atoms. The molecule has 1 amide bonds. The van der Waals surface area contributed by atoms with E-state index in [2.05, 4.69) is 5.32 Å². The maximum atomic E-state index is 13.3. The van der Waals surface area contributed by atoms with E-state index in [-0.39, 0.29) is 11.4 Å². The molecule has 156 valence electrons. The lowest BCUT2D eigenvalue weighted by atomic mass is 10.2. The van der Waals surface area contributed by atoms with Crippen LogP contribution in [0.2, 0.25) is 0 Å². The van der Waals surface area contributed by atoms with Crippen LogP contribution >= 0.6 is 0 Å². The highest BCUT2D eigenvalue weighted by Gasteiger charge is 2.27. The topological polar surface area (TPSA) is 75.7 Å². The Morgan fingerprint density at radius 2 is 1.60 bits per heavy atom. The van der Waals surface area contributed by atoms with Gasteiger partial charge in [-0.25, -0.2) is 12.8 Å². The van der Waals surface area contributed by atoms with Crippen molar-refractivity contribution in [2.45, 2.75) is 11.4 Å². The third-order valence-electron chi connectivity index (χ3n) is 4.35. The highest BCUT2D eigenvalue weighted by atomic mass is 32.2. The molecule has 3 aromatic carbocycles. The molecule has 0 heterocycles. The van der Waals surface area contributed by atoms with E-state index in [1.165, 1.54) is 19.2 Å². The fourth-order valence-electron chi connectivity index (χ4n) is 2.87. The van der Waals surface area contributed by atoms with Crippen molar-refractivity contribution in [3.63, 3.8) is 0 Å². The lowest BCUT2D eigenvalue weighted by molar-refractivity contribution is -0.116. The number of methoxy groups -OCH3 is 1. The molecule has 3 aromatic rings. The molecule has 6 nitrogen and oxygen atoms in total. The summed E-state index contributed by atoms with van der Waals surface area (Å²) in [5.74, 6) is -0.611. The van der Waals surface area contributed by atoms with Gasteiger partial charge in [-0.15, -0.1) is 0 Å². The second-order valence-corrected chi connectivity index (χ2v) is 8.40. The van der Waals surface area contributed by atoms with E-state index >= 15 is 0 Å². The Kier molecular flexibility index (Phi) is 6.81. The number of para-hydroxylation sites is 2. The Bertz CT molecular complexity index is 1100. The maximum absolute atomic E-state index is 13.3. The molecule has 0 atom stereocenters. The first-order valence-electron chi connectivity index (χ1n) is 9.12. The predicted molar refractivity (Wildman–Crippen MR) is 112 cm³/mol. The van der Waals surface area contributed by atoms with Crippen molar-refractivity contribution in [1.82, 2.24) is 4.31 Å². The monoisotopic (exact) mass is 428 g/mol. The van der Waals surface area contributed by atoms with Crippen molar-refractivity contribution in [2.24, 2.45) is 0 Å². The molecule has 0 aromatic heterocycles. The van der Waals surface area contributed by atoms with Gasteiger partial charge in [0.25, 0.3) is 0 Å². The number of carbonyl (C=O) groups is 1. The second kappa shape index (κ2) is 9.51. The van der Waals surface area contributed by atoms with Gasteiger partial charge in [-0.05, 0) is 42.0 Å². The summed E-state index contributed by atoms with van der Waals surface area (Å²) in [6, 6.07) is 20.3. The van der Waals surface area contributed by atoms with Gasteiger partial charge in [-0.1, -0.05) is 42.5 Å². The molecule has 0 radical (unpaired) electrons. The summed E-state index contributed by atoms with van der Waals surface area (Å²) in [7, 11) is -2.57. The number of halogens is 1. The van der Waals surface area contributed by atoms with Crippen molar-refractivity contribution in [3.05, 3.63) is 90.2 Å².